The average Bonchev–Trinajstić information content (AvgIpc) is 2.65. The van der Waals surface area contributed by atoms with Gasteiger partial charge in [-0.15, -0.1) is 0 Å². The highest BCUT2D eigenvalue weighted by Crippen LogP contribution is 2.23. The van der Waals surface area contributed by atoms with Crippen LogP contribution in [0.4, 0.5) is 4.39 Å². The SMILES string of the molecule is CC(c1nc2cc(F)ccc2n1CC(=O)O)N(C)C. The molecule has 0 fully saturated rings. The Morgan fingerprint density at radius 3 is 2.79 bits per heavy atom. The Morgan fingerprint density at radius 2 is 2.21 bits per heavy atom. The Bertz CT molecular complexity index is 622. The first-order chi connectivity index (χ1) is 8.90. The van der Waals surface area contributed by atoms with E-state index in [1.54, 1.807) is 10.6 Å². The second-order valence-corrected chi connectivity index (χ2v) is 4.72. The van der Waals surface area contributed by atoms with Gasteiger partial charge in [-0.05, 0) is 33.2 Å². The smallest absolute Gasteiger partial charge is 0.323 e. The average molecular weight is 265 g/mol. The van der Waals surface area contributed by atoms with Crippen LogP contribution in [0.25, 0.3) is 11.0 Å². The standard InChI is InChI=1S/C13H16FN3O2/c1-8(16(2)3)13-15-10-6-9(14)4-5-11(10)17(13)7-12(18)19/h4-6,8H,7H2,1-3H3,(H,18,19). The number of imidazole rings is 1. The predicted octanol–water partition coefficient (Wildman–Crippen LogP) is 1.88. The van der Waals surface area contributed by atoms with Gasteiger partial charge >= 0.3 is 5.97 Å². The van der Waals surface area contributed by atoms with Gasteiger partial charge in [-0.25, -0.2) is 9.37 Å². The topological polar surface area (TPSA) is 58.4 Å². The molecule has 2 rings (SSSR count). The van der Waals surface area contributed by atoms with Crippen LogP contribution in [0, 0.1) is 5.82 Å². The van der Waals surface area contributed by atoms with E-state index in [9.17, 15) is 9.18 Å². The van der Waals surface area contributed by atoms with Gasteiger partial charge in [-0.2, -0.15) is 0 Å². The number of carboxylic acid groups (broad SMARTS) is 1. The molecule has 1 atom stereocenters. The molecule has 5 nitrogen and oxygen atoms in total. The maximum Gasteiger partial charge on any atom is 0.323 e. The van der Waals surface area contributed by atoms with E-state index in [1.165, 1.54) is 12.1 Å². The molecular formula is C13H16FN3O2. The van der Waals surface area contributed by atoms with Crippen LogP contribution in [-0.4, -0.2) is 39.6 Å². The van der Waals surface area contributed by atoms with E-state index in [-0.39, 0.29) is 18.4 Å². The Hall–Kier alpha value is -1.95. The molecule has 0 amide bonds. The highest BCUT2D eigenvalue weighted by Gasteiger charge is 2.19. The highest BCUT2D eigenvalue weighted by molar-refractivity contribution is 5.78. The van der Waals surface area contributed by atoms with Crippen molar-refractivity contribution in [3.05, 3.63) is 29.8 Å². The first-order valence-corrected chi connectivity index (χ1v) is 5.94. The fourth-order valence-electron chi connectivity index (χ4n) is 1.97. The summed E-state index contributed by atoms with van der Waals surface area (Å²) in [5.41, 5.74) is 1.11. The molecule has 102 valence electrons. The first-order valence-electron chi connectivity index (χ1n) is 5.94. The highest BCUT2D eigenvalue weighted by atomic mass is 19.1. The number of hydrogen-bond acceptors (Lipinski definition) is 3. The van der Waals surface area contributed by atoms with E-state index < -0.39 is 5.97 Å². The minimum absolute atomic E-state index is 0.0604. The molecule has 6 heteroatoms. The minimum atomic E-state index is -0.948. The van der Waals surface area contributed by atoms with Crippen LogP contribution in [0.5, 0.6) is 0 Å². The zero-order valence-electron chi connectivity index (χ0n) is 11.1. The fraction of sp³-hybridized carbons (Fsp3) is 0.385. The second kappa shape index (κ2) is 4.97. The summed E-state index contributed by atoms with van der Waals surface area (Å²) in [6, 6.07) is 4.13. The third kappa shape index (κ3) is 2.58. The van der Waals surface area contributed by atoms with Crippen molar-refractivity contribution in [3.8, 4) is 0 Å². The Labute approximate surface area is 110 Å². The number of carboxylic acids is 1. The monoisotopic (exact) mass is 265 g/mol. The van der Waals surface area contributed by atoms with Gasteiger partial charge in [0.1, 0.15) is 18.2 Å². The molecule has 2 aromatic rings. The predicted molar refractivity (Wildman–Crippen MR) is 69.4 cm³/mol. The molecule has 1 heterocycles. The molecule has 1 aromatic heterocycles. The summed E-state index contributed by atoms with van der Waals surface area (Å²) in [6.07, 6.45) is 0. The summed E-state index contributed by atoms with van der Waals surface area (Å²) >= 11 is 0. The minimum Gasteiger partial charge on any atom is -0.480 e. The molecule has 0 radical (unpaired) electrons. The van der Waals surface area contributed by atoms with E-state index in [1.807, 2.05) is 25.9 Å². The number of fused-ring (bicyclic) bond motifs is 1. The zero-order valence-corrected chi connectivity index (χ0v) is 11.1. The van der Waals surface area contributed by atoms with Gasteiger partial charge < -0.3 is 9.67 Å². The number of nitrogens with zero attached hydrogens (tertiary/aromatic N) is 3. The van der Waals surface area contributed by atoms with E-state index in [4.69, 9.17) is 5.11 Å². The molecule has 0 aliphatic heterocycles. The van der Waals surface area contributed by atoms with Crippen molar-refractivity contribution < 1.29 is 14.3 Å². The number of rotatable bonds is 4. The third-order valence-corrected chi connectivity index (χ3v) is 3.18. The maximum absolute atomic E-state index is 13.2. The molecule has 0 bridgehead atoms. The molecule has 1 N–H and O–H groups in total. The summed E-state index contributed by atoms with van der Waals surface area (Å²) in [5.74, 6) is -0.708. The lowest BCUT2D eigenvalue weighted by Gasteiger charge is -2.20. The Morgan fingerprint density at radius 1 is 1.53 bits per heavy atom. The molecule has 0 saturated carbocycles. The quantitative estimate of drug-likeness (QED) is 0.917. The van der Waals surface area contributed by atoms with Crippen LogP contribution in [0.3, 0.4) is 0 Å². The van der Waals surface area contributed by atoms with E-state index in [0.717, 1.165) is 0 Å². The van der Waals surface area contributed by atoms with Crippen LogP contribution in [0.1, 0.15) is 18.8 Å². The van der Waals surface area contributed by atoms with E-state index in [2.05, 4.69) is 4.98 Å². The number of aromatic nitrogens is 2. The lowest BCUT2D eigenvalue weighted by atomic mass is 10.3. The van der Waals surface area contributed by atoms with Crippen molar-refractivity contribution in [1.82, 2.24) is 14.5 Å². The number of hydrogen-bond donors (Lipinski definition) is 1. The lowest BCUT2D eigenvalue weighted by molar-refractivity contribution is -0.137. The first kappa shape index (κ1) is 13.5. The number of carbonyl (C=O) groups is 1. The van der Waals surface area contributed by atoms with Gasteiger partial charge in [-0.3, -0.25) is 9.69 Å². The molecular weight excluding hydrogens is 249 g/mol. The summed E-state index contributed by atoms with van der Waals surface area (Å²) in [6.45, 7) is 1.74. The fourth-order valence-corrected chi connectivity index (χ4v) is 1.97. The van der Waals surface area contributed by atoms with Gasteiger partial charge in [-0.1, -0.05) is 0 Å². The summed E-state index contributed by atoms with van der Waals surface area (Å²) in [4.78, 5) is 17.3. The summed E-state index contributed by atoms with van der Waals surface area (Å²) in [5, 5.41) is 9.01. The van der Waals surface area contributed by atoms with Gasteiger partial charge in [0.25, 0.3) is 0 Å². The van der Waals surface area contributed by atoms with Crippen LogP contribution in [0.15, 0.2) is 18.2 Å². The summed E-state index contributed by atoms with van der Waals surface area (Å²) in [7, 11) is 3.77. The Balaban J connectivity index is 2.63. The van der Waals surface area contributed by atoms with Crippen molar-refractivity contribution in [2.45, 2.75) is 19.5 Å². The van der Waals surface area contributed by atoms with Crippen molar-refractivity contribution in [1.29, 1.82) is 0 Å². The molecule has 19 heavy (non-hydrogen) atoms. The molecule has 1 unspecified atom stereocenters. The summed E-state index contributed by atoms with van der Waals surface area (Å²) < 4.78 is 14.8. The lowest BCUT2D eigenvalue weighted by Crippen LogP contribution is -2.22. The molecule has 0 aliphatic rings. The van der Waals surface area contributed by atoms with Crippen molar-refractivity contribution >= 4 is 17.0 Å². The van der Waals surface area contributed by atoms with E-state index >= 15 is 0 Å². The number of halogens is 1. The third-order valence-electron chi connectivity index (χ3n) is 3.18. The molecule has 0 spiro atoms. The number of aliphatic carboxylic acids is 1. The number of benzene rings is 1. The second-order valence-electron chi connectivity index (χ2n) is 4.72. The van der Waals surface area contributed by atoms with E-state index in [0.29, 0.717) is 16.9 Å². The van der Waals surface area contributed by atoms with Crippen molar-refractivity contribution in [2.24, 2.45) is 0 Å². The zero-order chi connectivity index (χ0) is 14.2. The van der Waals surface area contributed by atoms with Crippen LogP contribution >= 0.6 is 0 Å². The van der Waals surface area contributed by atoms with Crippen molar-refractivity contribution in [2.75, 3.05) is 14.1 Å². The van der Waals surface area contributed by atoms with Crippen LogP contribution in [0.2, 0.25) is 0 Å². The molecule has 0 saturated heterocycles. The van der Waals surface area contributed by atoms with Gasteiger partial charge in [0, 0.05) is 6.07 Å². The van der Waals surface area contributed by atoms with Gasteiger partial charge in [0.05, 0.1) is 17.1 Å². The van der Waals surface area contributed by atoms with Crippen LogP contribution < -0.4 is 0 Å². The largest absolute Gasteiger partial charge is 0.480 e. The molecule has 0 aliphatic carbocycles. The van der Waals surface area contributed by atoms with Crippen LogP contribution in [-0.2, 0) is 11.3 Å². The van der Waals surface area contributed by atoms with Gasteiger partial charge in [0.15, 0.2) is 0 Å². The normalized spacial score (nSPS) is 13.1. The Kier molecular flexibility index (Phi) is 3.53. The van der Waals surface area contributed by atoms with Gasteiger partial charge in [0.2, 0.25) is 0 Å². The molecule has 1 aromatic carbocycles. The maximum atomic E-state index is 13.2. The van der Waals surface area contributed by atoms with Crippen molar-refractivity contribution in [3.63, 3.8) is 0 Å².